The highest BCUT2D eigenvalue weighted by molar-refractivity contribution is 6.03. The van der Waals surface area contributed by atoms with E-state index in [1.165, 1.54) is 6.07 Å². The van der Waals surface area contributed by atoms with Crippen molar-refractivity contribution in [3.63, 3.8) is 0 Å². The van der Waals surface area contributed by atoms with Crippen LogP contribution >= 0.6 is 0 Å². The summed E-state index contributed by atoms with van der Waals surface area (Å²) in [5.41, 5.74) is 1.91. The summed E-state index contributed by atoms with van der Waals surface area (Å²) in [7, 11) is 0. The summed E-state index contributed by atoms with van der Waals surface area (Å²) in [4.78, 5) is 16.1. The minimum atomic E-state index is -1.05. The number of nitrogens with zero attached hydrogens (tertiary/aromatic N) is 3. The van der Waals surface area contributed by atoms with Crippen LogP contribution in [0.1, 0.15) is 21.6 Å². The number of aromatic carboxylic acids is 1. The van der Waals surface area contributed by atoms with Gasteiger partial charge in [0.25, 0.3) is 0 Å². The highest BCUT2D eigenvalue weighted by Crippen LogP contribution is 2.24. The first-order chi connectivity index (χ1) is 12.2. The van der Waals surface area contributed by atoms with Crippen molar-refractivity contribution in [2.75, 3.05) is 0 Å². The number of pyridine rings is 1. The molecule has 0 saturated carbocycles. The topological polar surface area (TPSA) is 78.9 Å². The molecule has 5 heteroatoms. The van der Waals surface area contributed by atoms with E-state index < -0.39 is 5.97 Å². The van der Waals surface area contributed by atoms with E-state index in [2.05, 4.69) is 4.98 Å². The second-order valence-corrected chi connectivity index (χ2v) is 5.85. The molecule has 2 aromatic carbocycles. The number of nitriles is 1. The molecule has 0 spiro atoms. The largest absolute Gasteiger partial charge is 0.478 e. The lowest BCUT2D eigenvalue weighted by molar-refractivity contribution is 0.0698. The van der Waals surface area contributed by atoms with Gasteiger partial charge in [-0.3, -0.25) is 4.98 Å². The van der Waals surface area contributed by atoms with E-state index >= 15 is 0 Å². The summed E-state index contributed by atoms with van der Waals surface area (Å²) in [5, 5.41) is 21.5. The average Bonchev–Trinajstić information content (AvgIpc) is 3.03. The van der Waals surface area contributed by atoms with Gasteiger partial charge in [-0.2, -0.15) is 5.26 Å². The maximum absolute atomic E-state index is 11.6. The zero-order chi connectivity index (χ0) is 17.4. The molecule has 0 radical (unpaired) electrons. The minimum absolute atomic E-state index is 0.125. The van der Waals surface area contributed by atoms with Crippen molar-refractivity contribution in [2.45, 2.75) is 6.54 Å². The average molecular weight is 327 g/mol. The summed E-state index contributed by atoms with van der Waals surface area (Å²) < 4.78 is 1.86. The van der Waals surface area contributed by atoms with E-state index in [1.54, 1.807) is 6.07 Å². The Kier molecular flexibility index (Phi) is 3.44. The van der Waals surface area contributed by atoms with Gasteiger partial charge in [0.15, 0.2) is 0 Å². The lowest BCUT2D eigenvalue weighted by Crippen LogP contribution is -2.05. The van der Waals surface area contributed by atoms with E-state index in [-0.39, 0.29) is 5.56 Å². The number of hydrogen-bond acceptors (Lipinski definition) is 3. The molecule has 5 nitrogen and oxygen atoms in total. The second-order valence-electron chi connectivity index (χ2n) is 5.85. The fourth-order valence-corrected chi connectivity index (χ4v) is 3.10. The fraction of sp³-hybridized carbons (Fsp3) is 0.0500. The van der Waals surface area contributed by atoms with Gasteiger partial charge in [0.1, 0.15) is 0 Å². The first-order valence-corrected chi connectivity index (χ1v) is 7.75. The van der Waals surface area contributed by atoms with Gasteiger partial charge in [0.2, 0.25) is 0 Å². The maximum atomic E-state index is 11.6. The number of carboxylic acid groups (broad SMARTS) is 1. The third kappa shape index (κ3) is 2.60. The molecule has 0 bridgehead atoms. The Morgan fingerprint density at radius 1 is 1.12 bits per heavy atom. The number of benzene rings is 2. The first-order valence-electron chi connectivity index (χ1n) is 7.75. The fourth-order valence-electron chi connectivity index (χ4n) is 3.10. The predicted octanol–water partition coefficient (Wildman–Crippen LogP) is 3.81. The molecule has 0 atom stereocenters. The van der Waals surface area contributed by atoms with Crippen molar-refractivity contribution in [1.82, 2.24) is 9.55 Å². The number of carboxylic acids is 1. The number of hydrogen-bond donors (Lipinski definition) is 1. The van der Waals surface area contributed by atoms with Gasteiger partial charge in [0, 0.05) is 23.2 Å². The van der Waals surface area contributed by atoms with Crippen LogP contribution in [0, 0.1) is 11.3 Å². The molecule has 4 rings (SSSR count). The molecule has 0 aliphatic rings. The Balaban J connectivity index is 1.83. The molecule has 2 heterocycles. The van der Waals surface area contributed by atoms with Crippen LogP contribution in [0.5, 0.6) is 0 Å². The molecule has 0 saturated heterocycles. The zero-order valence-corrected chi connectivity index (χ0v) is 13.2. The van der Waals surface area contributed by atoms with Gasteiger partial charge in [-0.25, -0.2) is 4.79 Å². The van der Waals surface area contributed by atoms with Crippen LogP contribution in [-0.2, 0) is 6.54 Å². The Morgan fingerprint density at radius 2 is 1.92 bits per heavy atom. The van der Waals surface area contributed by atoms with Crippen molar-refractivity contribution >= 4 is 27.6 Å². The molecular formula is C20H13N3O2. The van der Waals surface area contributed by atoms with E-state index in [1.807, 2.05) is 59.4 Å². The number of rotatable bonds is 3. The molecule has 120 valence electrons. The van der Waals surface area contributed by atoms with Crippen molar-refractivity contribution < 1.29 is 9.90 Å². The van der Waals surface area contributed by atoms with Crippen molar-refractivity contribution in [3.8, 4) is 6.07 Å². The molecule has 2 aromatic heterocycles. The summed E-state index contributed by atoms with van der Waals surface area (Å²) in [6.07, 6.45) is 3.65. The normalized spacial score (nSPS) is 10.8. The van der Waals surface area contributed by atoms with Gasteiger partial charge >= 0.3 is 5.97 Å². The monoisotopic (exact) mass is 327 g/mol. The number of carbonyl (C=O) groups is 1. The van der Waals surface area contributed by atoms with Crippen molar-refractivity contribution in [2.24, 2.45) is 0 Å². The Labute approximate surface area is 143 Å². The quantitative estimate of drug-likeness (QED) is 0.620. The third-order valence-electron chi connectivity index (χ3n) is 4.24. The first kappa shape index (κ1) is 14.9. The molecule has 1 N–H and O–H groups in total. The Hall–Kier alpha value is -3.65. The van der Waals surface area contributed by atoms with Crippen LogP contribution in [0.15, 0.2) is 60.9 Å². The van der Waals surface area contributed by atoms with Crippen LogP contribution in [0.4, 0.5) is 0 Å². The predicted molar refractivity (Wildman–Crippen MR) is 94.5 cm³/mol. The van der Waals surface area contributed by atoms with Gasteiger partial charge < -0.3 is 9.67 Å². The van der Waals surface area contributed by atoms with E-state index in [0.717, 1.165) is 21.9 Å². The zero-order valence-electron chi connectivity index (χ0n) is 13.2. The molecule has 0 aliphatic carbocycles. The molecule has 0 unspecified atom stereocenters. The lowest BCUT2D eigenvalue weighted by Gasteiger charge is -2.09. The van der Waals surface area contributed by atoms with Crippen LogP contribution in [-0.4, -0.2) is 20.6 Å². The van der Waals surface area contributed by atoms with Gasteiger partial charge in [-0.1, -0.05) is 24.3 Å². The maximum Gasteiger partial charge on any atom is 0.337 e. The summed E-state index contributed by atoms with van der Waals surface area (Å²) in [6.45, 7) is 0.459. The van der Waals surface area contributed by atoms with Crippen LogP contribution in [0.3, 0.4) is 0 Å². The van der Waals surface area contributed by atoms with Gasteiger partial charge in [-0.15, -0.1) is 0 Å². The van der Waals surface area contributed by atoms with Gasteiger partial charge in [0.05, 0.1) is 35.0 Å². The standard InChI is InChI=1S/C20H13N3O2/c21-10-13-7-15-5-6-23(19(15)18(8-13)20(24)25)12-17-9-14-3-1-2-4-16(14)11-22-17/h1-9,11H,12H2,(H,24,25). The molecule has 25 heavy (non-hydrogen) atoms. The summed E-state index contributed by atoms with van der Waals surface area (Å²) in [6, 6.07) is 16.9. The molecule has 0 amide bonds. The van der Waals surface area contributed by atoms with E-state index in [0.29, 0.717) is 17.6 Å². The summed E-state index contributed by atoms with van der Waals surface area (Å²) in [5.74, 6) is -1.05. The van der Waals surface area contributed by atoms with E-state index in [4.69, 9.17) is 5.26 Å². The highest BCUT2D eigenvalue weighted by atomic mass is 16.4. The smallest absolute Gasteiger partial charge is 0.337 e. The molecule has 4 aromatic rings. The Bertz CT molecular complexity index is 1170. The molecule has 0 aliphatic heterocycles. The summed E-state index contributed by atoms with van der Waals surface area (Å²) >= 11 is 0. The second kappa shape index (κ2) is 5.77. The SMILES string of the molecule is N#Cc1cc(C(=O)O)c2c(ccn2Cc2cc3ccccc3cn2)c1. The van der Waals surface area contributed by atoms with Crippen LogP contribution in [0.2, 0.25) is 0 Å². The van der Waals surface area contributed by atoms with Crippen LogP contribution < -0.4 is 0 Å². The Morgan fingerprint density at radius 3 is 2.68 bits per heavy atom. The van der Waals surface area contributed by atoms with Crippen molar-refractivity contribution in [1.29, 1.82) is 5.26 Å². The van der Waals surface area contributed by atoms with Gasteiger partial charge in [-0.05, 0) is 29.7 Å². The lowest BCUT2D eigenvalue weighted by atomic mass is 10.1. The minimum Gasteiger partial charge on any atom is -0.478 e. The number of aromatic nitrogens is 2. The van der Waals surface area contributed by atoms with Crippen molar-refractivity contribution in [3.05, 3.63) is 77.7 Å². The highest BCUT2D eigenvalue weighted by Gasteiger charge is 2.15. The van der Waals surface area contributed by atoms with Crippen LogP contribution in [0.25, 0.3) is 21.7 Å². The van der Waals surface area contributed by atoms with E-state index in [9.17, 15) is 9.90 Å². The molecule has 0 fully saturated rings. The third-order valence-corrected chi connectivity index (χ3v) is 4.24. The molecular weight excluding hydrogens is 314 g/mol. The number of fused-ring (bicyclic) bond motifs is 2.